The predicted molar refractivity (Wildman–Crippen MR) is 155 cm³/mol. The molecule has 206 valence electrons. The van der Waals surface area contributed by atoms with Gasteiger partial charge in [0.25, 0.3) is 0 Å². The van der Waals surface area contributed by atoms with E-state index in [2.05, 4.69) is 102 Å². The van der Waals surface area contributed by atoms with Crippen molar-refractivity contribution in [3.8, 4) is 0 Å². The van der Waals surface area contributed by atoms with Gasteiger partial charge in [-0.2, -0.15) is 5.06 Å². The zero-order valence-corrected chi connectivity index (χ0v) is 22.8. The van der Waals surface area contributed by atoms with Crippen LogP contribution in [0.3, 0.4) is 0 Å². The topological polar surface area (TPSA) is 40.2 Å². The molecule has 5 nitrogen and oxygen atoms in total. The van der Waals surface area contributed by atoms with E-state index >= 15 is 0 Å². The monoisotopic (exact) mass is 535 g/mol. The molecule has 0 amide bonds. The number of hydrogen-bond acceptors (Lipinski definition) is 5. The number of rotatable bonds is 12. The summed E-state index contributed by atoms with van der Waals surface area (Å²) in [5.74, 6) is 0.375. The molecule has 1 saturated carbocycles. The van der Waals surface area contributed by atoms with E-state index in [0.29, 0.717) is 39.6 Å². The minimum Gasteiger partial charge on any atom is -0.376 e. The summed E-state index contributed by atoms with van der Waals surface area (Å²) in [6.07, 6.45) is -0.290. The van der Waals surface area contributed by atoms with Crippen molar-refractivity contribution in [3.05, 3.63) is 144 Å². The fourth-order valence-corrected chi connectivity index (χ4v) is 6.01. The molecule has 0 aromatic heterocycles. The smallest absolute Gasteiger partial charge is 0.103 e. The highest BCUT2D eigenvalue weighted by Crippen LogP contribution is 2.45. The Morgan fingerprint density at radius 3 is 1.60 bits per heavy atom. The van der Waals surface area contributed by atoms with E-state index in [-0.39, 0.29) is 30.1 Å². The first-order valence-corrected chi connectivity index (χ1v) is 14.2. The molecule has 1 aliphatic carbocycles. The van der Waals surface area contributed by atoms with Crippen LogP contribution < -0.4 is 0 Å². The highest BCUT2D eigenvalue weighted by molar-refractivity contribution is 5.18. The minimum atomic E-state index is -0.162. The first-order chi connectivity index (χ1) is 19.8. The van der Waals surface area contributed by atoms with Gasteiger partial charge in [-0.15, -0.1) is 0 Å². The Balaban J connectivity index is 1.25. The molecular formula is C35H37NO4. The molecule has 0 radical (unpaired) electrons. The maximum Gasteiger partial charge on any atom is 0.103 e. The van der Waals surface area contributed by atoms with Crippen molar-refractivity contribution in [1.82, 2.24) is 5.06 Å². The predicted octanol–water partition coefficient (Wildman–Crippen LogP) is 6.44. The van der Waals surface area contributed by atoms with Crippen molar-refractivity contribution in [1.29, 1.82) is 0 Å². The van der Waals surface area contributed by atoms with Crippen molar-refractivity contribution in [2.24, 2.45) is 11.8 Å². The van der Waals surface area contributed by atoms with Gasteiger partial charge in [0.1, 0.15) is 6.10 Å². The van der Waals surface area contributed by atoms with Gasteiger partial charge in [0.2, 0.25) is 0 Å². The van der Waals surface area contributed by atoms with Crippen molar-refractivity contribution in [2.45, 2.75) is 44.6 Å². The Morgan fingerprint density at radius 1 is 0.575 bits per heavy atom. The Labute approximate surface area is 237 Å². The van der Waals surface area contributed by atoms with Gasteiger partial charge in [-0.05, 0) is 22.3 Å². The average molecular weight is 536 g/mol. The van der Waals surface area contributed by atoms with Gasteiger partial charge in [0.05, 0.1) is 45.2 Å². The summed E-state index contributed by atoms with van der Waals surface area (Å²) in [6, 6.07) is 41.6. The molecule has 1 aliphatic heterocycles. The normalized spacial score (nSPS) is 24.2. The standard InChI is InChI=1S/C35H37NO4/c1-5-13-27(14-6-1)21-36-33-31(26-40-36)32(25-37-22-28-15-7-2-8-16-28)34(38-23-29-17-9-3-10-18-29)35(33)39-24-30-19-11-4-12-20-30/h1-20,31-35H,21-26H2/t31-,32+,33-,34-,35-/m0/s1. The summed E-state index contributed by atoms with van der Waals surface area (Å²) < 4.78 is 19.9. The van der Waals surface area contributed by atoms with Crippen LogP contribution in [0.1, 0.15) is 22.3 Å². The fraction of sp³-hybridized carbons (Fsp3) is 0.314. The van der Waals surface area contributed by atoms with E-state index in [1.807, 2.05) is 24.3 Å². The zero-order valence-electron chi connectivity index (χ0n) is 22.8. The summed E-state index contributed by atoms with van der Waals surface area (Å²) >= 11 is 0. The Hall–Kier alpha value is -3.32. The molecular weight excluding hydrogens is 498 g/mol. The van der Waals surface area contributed by atoms with Crippen LogP contribution in [-0.4, -0.2) is 36.5 Å². The number of benzene rings is 4. The maximum absolute atomic E-state index is 6.76. The third-order valence-electron chi connectivity index (χ3n) is 8.01. The van der Waals surface area contributed by atoms with Gasteiger partial charge >= 0.3 is 0 Å². The average Bonchev–Trinajstić information content (AvgIpc) is 3.55. The van der Waals surface area contributed by atoms with Crippen LogP contribution in [0.25, 0.3) is 0 Å². The number of hydrogen-bond donors (Lipinski definition) is 0. The molecule has 4 aromatic rings. The van der Waals surface area contributed by atoms with Gasteiger partial charge in [0, 0.05) is 18.4 Å². The van der Waals surface area contributed by atoms with Crippen LogP contribution in [0.15, 0.2) is 121 Å². The van der Waals surface area contributed by atoms with Crippen LogP contribution in [0, 0.1) is 11.8 Å². The molecule has 5 heteroatoms. The van der Waals surface area contributed by atoms with Gasteiger partial charge in [0.15, 0.2) is 0 Å². The molecule has 0 spiro atoms. The van der Waals surface area contributed by atoms with E-state index < -0.39 is 0 Å². The highest BCUT2D eigenvalue weighted by atomic mass is 16.7. The summed E-state index contributed by atoms with van der Waals surface area (Å²) in [5.41, 5.74) is 4.69. The van der Waals surface area contributed by atoms with Crippen molar-refractivity contribution < 1.29 is 19.0 Å². The van der Waals surface area contributed by atoms with Crippen molar-refractivity contribution in [2.75, 3.05) is 13.2 Å². The Morgan fingerprint density at radius 2 is 1.05 bits per heavy atom. The molecule has 6 rings (SSSR count). The molecule has 5 atom stereocenters. The first kappa shape index (κ1) is 26.9. The van der Waals surface area contributed by atoms with Gasteiger partial charge < -0.3 is 14.2 Å². The fourth-order valence-electron chi connectivity index (χ4n) is 6.01. The molecule has 4 aromatic carbocycles. The van der Waals surface area contributed by atoms with E-state index in [1.54, 1.807) is 0 Å². The van der Waals surface area contributed by atoms with E-state index in [0.717, 1.165) is 11.1 Å². The third-order valence-corrected chi connectivity index (χ3v) is 8.01. The SMILES string of the molecule is c1ccc(COC[C@@H]2[C@@H]3CON(Cc4ccccc4)[C@@H]3[C@H](OCc3ccccc3)[C@H]2OCc2ccccc2)cc1. The number of ether oxygens (including phenoxy) is 3. The highest BCUT2D eigenvalue weighted by Gasteiger charge is 2.57. The second-order valence-corrected chi connectivity index (χ2v) is 10.7. The largest absolute Gasteiger partial charge is 0.376 e. The summed E-state index contributed by atoms with van der Waals surface area (Å²) in [5, 5.41) is 2.13. The lowest BCUT2D eigenvalue weighted by molar-refractivity contribution is -0.188. The van der Waals surface area contributed by atoms with Crippen LogP contribution in [0.2, 0.25) is 0 Å². The zero-order chi connectivity index (χ0) is 27.0. The number of nitrogens with zero attached hydrogens (tertiary/aromatic N) is 1. The van der Waals surface area contributed by atoms with E-state index in [9.17, 15) is 0 Å². The summed E-state index contributed by atoms with van der Waals surface area (Å²) in [6.45, 7) is 3.55. The molecule has 0 N–H and O–H groups in total. The maximum atomic E-state index is 6.76. The molecule has 2 fully saturated rings. The van der Waals surface area contributed by atoms with Gasteiger partial charge in [-0.25, -0.2) is 0 Å². The van der Waals surface area contributed by atoms with Crippen LogP contribution in [-0.2, 0) is 45.4 Å². The minimum absolute atomic E-state index is 0.0648. The van der Waals surface area contributed by atoms with E-state index in [4.69, 9.17) is 19.0 Å². The lowest BCUT2D eigenvalue weighted by atomic mass is 9.94. The lowest BCUT2D eigenvalue weighted by Crippen LogP contribution is -2.43. The molecule has 0 bridgehead atoms. The summed E-state index contributed by atoms with van der Waals surface area (Å²) in [4.78, 5) is 6.35. The Bertz CT molecular complexity index is 1290. The molecule has 1 saturated heterocycles. The molecule has 2 aliphatic rings. The molecule has 40 heavy (non-hydrogen) atoms. The summed E-state index contributed by atoms with van der Waals surface area (Å²) in [7, 11) is 0. The number of hydroxylamine groups is 2. The third kappa shape index (κ3) is 6.52. The Kier molecular flexibility index (Phi) is 8.98. The lowest BCUT2D eigenvalue weighted by Gasteiger charge is -2.31. The van der Waals surface area contributed by atoms with Crippen molar-refractivity contribution >= 4 is 0 Å². The second kappa shape index (κ2) is 13.4. The van der Waals surface area contributed by atoms with Crippen molar-refractivity contribution in [3.63, 3.8) is 0 Å². The first-order valence-electron chi connectivity index (χ1n) is 14.2. The quantitative estimate of drug-likeness (QED) is 0.209. The number of fused-ring (bicyclic) bond motifs is 1. The second-order valence-electron chi connectivity index (χ2n) is 10.7. The van der Waals surface area contributed by atoms with Crippen LogP contribution in [0.4, 0.5) is 0 Å². The van der Waals surface area contributed by atoms with Gasteiger partial charge in [-0.1, -0.05) is 121 Å². The van der Waals surface area contributed by atoms with E-state index in [1.165, 1.54) is 11.1 Å². The van der Waals surface area contributed by atoms with Crippen LogP contribution >= 0.6 is 0 Å². The van der Waals surface area contributed by atoms with Crippen LogP contribution in [0.5, 0.6) is 0 Å². The van der Waals surface area contributed by atoms with Gasteiger partial charge in [-0.3, -0.25) is 4.84 Å². The molecule has 1 heterocycles. The molecule has 0 unspecified atom stereocenters.